The van der Waals surface area contributed by atoms with Crippen LogP contribution in [-0.4, -0.2) is 210 Å². The number of unbranched alkanes of at least 4 members (excludes halogenated alkanes) is 1. The molecular formula is C56H80N18O17S2. The van der Waals surface area contributed by atoms with Crippen LogP contribution in [0.4, 0.5) is 0 Å². The SMILES string of the molecule is NCCCC[C@H](NC(=O)[C@@H]1CCCN1C(=O)[C@@H]1CSSC[C@H](NC(=O)CNC(=O)CNC(=O)CN)C(=O)N[C@@H](Cc2ccc(O)cc2)C(=O)N[C@@H](Cc2ccccc2)C(=O)N[C@@H](CCC(N)=O)C(=O)N[C@@H](CC(N)=O)C(=O)N[C@@H](CC(N)=O)C(=O)N1)C(=O)NCC(N)=O. The molecule has 9 atom stereocenters. The standard InChI is InChI=1S/C56H80N18O17S2/c57-17-5-4-9-32(48(83)65-24-44(62)79)68-55(90)40-10-6-18-74(40)56(91)39-28-93-92-27-38(66-47(82)26-64-46(81)25-63-45(80)23-58)54(89)70-35(20-30-11-13-31(75)14-12-30)51(86)69-34(19-29-7-2-1-3-8-29)50(85)67-33(15-16-41(59)76)49(84)71-36(21-42(60)77)52(87)72-37(22-43(61)78)53(88)73-39/h1-3,7-8,11-14,32-40,75H,4-6,9-10,15-28,57-58H2,(H2,59,76)(H2,60,77)(H2,61,78)(H2,62,79)(H,63,80)(H,64,81)(H,65,83)(H,66,82)(H,67,85)(H,68,90)(H,69,86)(H,70,89)(H,71,84)(H,72,87)(H,73,88)/t32-,33-,34-,35-,36-,37-,38-,39-,40-/m0/s1. The Balaban J connectivity index is 1.88. The number of nitrogens with zero attached hydrogens (tertiary/aromatic N) is 1. The molecule has 0 aliphatic carbocycles. The van der Waals surface area contributed by atoms with Crippen molar-refractivity contribution in [1.29, 1.82) is 0 Å². The first kappa shape index (κ1) is 75.8. The third-order valence-corrected chi connectivity index (χ3v) is 16.5. The van der Waals surface area contributed by atoms with Crippen LogP contribution in [0.2, 0.25) is 0 Å². The van der Waals surface area contributed by atoms with E-state index in [0.717, 1.165) is 26.5 Å². The monoisotopic (exact) mass is 1340 g/mol. The number of nitrogens with one attached hydrogen (secondary N) is 11. The predicted molar refractivity (Wildman–Crippen MR) is 333 cm³/mol. The molecule has 93 heavy (non-hydrogen) atoms. The number of aromatic hydroxyl groups is 1. The number of benzene rings is 2. The first-order valence-corrected chi connectivity index (χ1v) is 31.8. The second kappa shape index (κ2) is 38.9. The second-order valence-electron chi connectivity index (χ2n) is 21.4. The highest BCUT2D eigenvalue weighted by Gasteiger charge is 2.41. The molecule has 0 aromatic heterocycles. The molecule has 2 aromatic rings. The summed E-state index contributed by atoms with van der Waals surface area (Å²) in [5.74, 6) is -17.4. The molecule has 2 saturated heterocycles. The molecule has 0 unspecified atom stereocenters. The minimum atomic E-state index is -2.01. The summed E-state index contributed by atoms with van der Waals surface area (Å²) in [5.41, 5.74) is 33.5. The number of rotatable bonds is 27. The van der Waals surface area contributed by atoms with Crippen molar-refractivity contribution < 1.29 is 81.8 Å². The highest BCUT2D eigenvalue weighted by atomic mass is 33.1. The van der Waals surface area contributed by atoms with E-state index in [9.17, 15) is 81.8 Å². The van der Waals surface area contributed by atoms with E-state index in [1.807, 2.05) is 0 Å². The van der Waals surface area contributed by atoms with Crippen LogP contribution in [0.25, 0.3) is 0 Å². The van der Waals surface area contributed by atoms with Crippen molar-refractivity contribution in [2.24, 2.45) is 34.4 Å². The first-order chi connectivity index (χ1) is 44.2. The normalized spacial score (nSPS) is 21.5. The number of hydrogen-bond donors (Lipinski definition) is 18. The largest absolute Gasteiger partial charge is 0.508 e. The fourth-order valence-corrected chi connectivity index (χ4v) is 11.6. The molecule has 508 valence electrons. The zero-order valence-corrected chi connectivity index (χ0v) is 52.2. The van der Waals surface area contributed by atoms with Gasteiger partial charge >= 0.3 is 0 Å². The van der Waals surface area contributed by atoms with E-state index in [-0.39, 0.29) is 50.9 Å². The maximum Gasteiger partial charge on any atom is 0.246 e. The van der Waals surface area contributed by atoms with Crippen molar-refractivity contribution in [3.63, 3.8) is 0 Å². The molecule has 35 nitrogen and oxygen atoms in total. The smallest absolute Gasteiger partial charge is 0.246 e. The van der Waals surface area contributed by atoms with E-state index in [4.69, 9.17) is 34.4 Å². The summed E-state index contributed by atoms with van der Waals surface area (Å²) in [6.07, 6.45) is -2.70. The summed E-state index contributed by atoms with van der Waals surface area (Å²) in [4.78, 5) is 217. The minimum absolute atomic E-state index is 0.0255. The van der Waals surface area contributed by atoms with Crippen LogP contribution in [0, 0.1) is 0 Å². The van der Waals surface area contributed by atoms with Gasteiger partial charge in [-0.05, 0) is 68.3 Å². The van der Waals surface area contributed by atoms with Gasteiger partial charge in [-0.15, -0.1) is 0 Å². The lowest BCUT2D eigenvalue weighted by molar-refractivity contribution is -0.142. The average molecular weight is 1340 g/mol. The summed E-state index contributed by atoms with van der Waals surface area (Å²) in [7, 11) is 1.60. The third kappa shape index (κ3) is 27.0. The Kier molecular flexibility index (Phi) is 31.7. The number of carbonyl (C=O) groups is 16. The van der Waals surface area contributed by atoms with Gasteiger partial charge in [0.2, 0.25) is 94.5 Å². The van der Waals surface area contributed by atoms with Crippen LogP contribution in [0.5, 0.6) is 5.75 Å². The van der Waals surface area contributed by atoms with Crippen molar-refractivity contribution in [3.05, 3.63) is 65.7 Å². The lowest BCUT2D eigenvalue weighted by atomic mass is 10.0. The molecule has 2 heterocycles. The summed E-state index contributed by atoms with van der Waals surface area (Å²) < 4.78 is 0. The predicted octanol–water partition coefficient (Wildman–Crippen LogP) is -8.62. The van der Waals surface area contributed by atoms with E-state index in [0.29, 0.717) is 24.0 Å². The highest BCUT2D eigenvalue weighted by Crippen LogP contribution is 2.26. The zero-order chi connectivity index (χ0) is 68.7. The van der Waals surface area contributed by atoms with Gasteiger partial charge < -0.3 is 103 Å². The molecule has 0 saturated carbocycles. The Labute approximate surface area is 540 Å². The van der Waals surface area contributed by atoms with Crippen molar-refractivity contribution >= 4 is 116 Å². The van der Waals surface area contributed by atoms with Crippen molar-refractivity contribution in [2.75, 3.05) is 50.8 Å². The van der Waals surface area contributed by atoms with Crippen LogP contribution in [-0.2, 0) is 89.6 Å². The van der Waals surface area contributed by atoms with E-state index in [2.05, 4.69) is 58.5 Å². The summed E-state index contributed by atoms with van der Waals surface area (Å²) >= 11 is 0. The van der Waals surface area contributed by atoms with Crippen molar-refractivity contribution in [1.82, 2.24) is 63.4 Å². The zero-order valence-electron chi connectivity index (χ0n) is 50.5. The topological polar surface area (TPSA) is 585 Å². The van der Waals surface area contributed by atoms with Crippen LogP contribution >= 0.6 is 21.6 Å². The minimum Gasteiger partial charge on any atom is -0.508 e. The Morgan fingerprint density at radius 1 is 0.570 bits per heavy atom. The Morgan fingerprint density at radius 3 is 1.68 bits per heavy atom. The van der Waals surface area contributed by atoms with Gasteiger partial charge in [-0.2, -0.15) is 0 Å². The quantitative estimate of drug-likeness (QED) is 0.0292. The fraction of sp³-hybridized carbons (Fsp3) is 0.500. The average Bonchev–Trinajstić information content (AvgIpc) is 1.85. The second-order valence-corrected chi connectivity index (χ2v) is 24.0. The molecular weight excluding hydrogens is 1260 g/mol. The van der Waals surface area contributed by atoms with E-state index >= 15 is 0 Å². The molecule has 2 aromatic carbocycles. The lowest BCUT2D eigenvalue weighted by Gasteiger charge is -2.30. The van der Waals surface area contributed by atoms with Crippen LogP contribution < -0.4 is 92.9 Å². The number of amides is 16. The van der Waals surface area contributed by atoms with Gasteiger partial charge in [0.15, 0.2) is 0 Å². The molecule has 0 spiro atoms. The number of phenols is 1. The van der Waals surface area contributed by atoms with Crippen LogP contribution in [0.1, 0.15) is 68.9 Å². The molecule has 2 aliphatic rings. The van der Waals surface area contributed by atoms with Gasteiger partial charge in [0, 0.05) is 37.3 Å². The molecule has 4 rings (SSSR count). The highest BCUT2D eigenvalue weighted by molar-refractivity contribution is 8.76. The van der Waals surface area contributed by atoms with Gasteiger partial charge in [-0.3, -0.25) is 76.7 Å². The third-order valence-electron chi connectivity index (χ3n) is 14.1. The molecule has 37 heteroatoms. The first-order valence-electron chi connectivity index (χ1n) is 29.3. The van der Waals surface area contributed by atoms with Crippen molar-refractivity contribution in [2.45, 2.75) is 125 Å². The molecule has 0 radical (unpaired) electrons. The maximum absolute atomic E-state index is 14.9. The number of nitrogens with two attached hydrogens (primary N) is 6. The Hall–Kier alpha value is -9.62. The van der Waals surface area contributed by atoms with Gasteiger partial charge in [0.1, 0.15) is 60.1 Å². The number of carbonyl (C=O) groups excluding carboxylic acids is 16. The van der Waals surface area contributed by atoms with Gasteiger partial charge in [0.05, 0.1) is 39.0 Å². The fourth-order valence-electron chi connectivity index (χ4n) is 9.30. The lowest BCUT2D eigenvalue weighted by Crippen LogP contribution is -2.61. The molecule has 24 N–H and O–H groups in total. The number of phenolic OH excluding ortho intramolecular Hbond substituents is 1. The van der Waals surface area contributed by atoms with E-state index in [1.165, 1.54) is 24.3 Å². The van der Waals surface area contributed by atoms with Gasteiger partial charge in [0.25, 0.3) is 0 Å². The van der Waals surface area contributed by atoms with E-state index in [1.54, 1.807) is 30.3 Å². The molecule has 16 amide bonds. The Morgan fingerprint density at radius 2 is 1.10 bits per heavy atom. The Bertz CT molecular complexity index is 3040. The van der Waals surface area contributed by atoms with Gasteiger partial charge in [-0.1, -0.05) is 64.1 Å². The molecule has 2 fully saturated rings. The van der Waals surface area contributed by atoms with Crippen LogP contribution in [0.15, 0.2) is 54.6 Å². The number of hydrogen-bond acceptors (Lipinski definition) is 21. The number of primary amides is 4. The summed E-state index contributed by atoms with van der Waals surface area (Å²) in [6, 6.07) is -1.52. The summed E-state index contributed by atoms with van der Waals surface area (Å²) in [5, 5.41) is 36.7. The van der Waals surface area contributed by atoms with E-state index < -0.39 is 212 Å². The molecule has 0 bridgehead atoms. The van der Waals surface area contributed by atoms with Crippen molar-refractivity contribution in [3.8, 4) is 5.75 Å². The summed E-state index contributed by atoms with van der Waals surface area (Å²) in [6.45, 7) is -2.25. The van der Waals surface area contributed by atoms with Gasteiger partial charge in [-0.25, -0.2) is 0 Å². The molecule has 2 aliphatic heterocycles. The maximum atomic E-state index is 14.9. The number of likely N-dealkylation sites (tertiary alicyclic amines) is 1. The van der Waals surface area contributed by atoms with Crippen LogP contribution in [0.3, 0.4) is 0 Å².